The van der Waals surface area contributed by atoms with Gasteiger partial charge in [-0.25, -0.2) is 14.6 Å². The maximum Gasteiger partial charge on any atom is 0.355 e. The molecule has 4 aliphatic rings. The van der Waals surface area contributed by atoms with Gasteiger partial charge in [0.25, 0.3) is 5.17 Å². The van der Waals surface area contributed by atoms with Crippen molar-refractivity contribution < 1.29 is 38.4 Å². The van der Waals surface area contributed by atoms with Crippen LogP contribution in [-0.4, -0.2) is 86.1 Å². The average molecular weight is 626 g/mol. The van der Waals surface area contributed by atoms with E-state index < -0.39 is 54.2 Å². The standard InChI is InChI=1S/C32H39N3O8S/c1-16-13-17(2)32-20(14-23(39-5)30(38)41-26(16)19(4)40-31(44)35-12-11-33-15-35)8-9-21-24(32)25(36)18(3)27(28(21)43-32)42-29(37)22-7-6-10-34-22/h6-13,15-16,18-21,23-28,34,36H,14H2,1-5H3/b17-13+/t16-,18-,19-,20-,21-,23+,24+,25-,26+,27-,28-,32+/m1/s1. The molecule has 2 aromatic heterocycles. The summed E-state index contributed by atoms with van der Waals surface area (Å²) in [4.78, 5) is 33.5. The Bertz CT molecular complexity index is 1440. The third-order valence-electron chi connectivity index (χ3n) is 9.93. The van der Waals surface area contributed by atoms with Crippen molar-refractivity contribution in [1.82, 2.24) is 14.5 Å². The van der Waals surface area contributed by atoms with Gasteiger partial charge in [0.05, 0.1) is 6.10 Å². The van der Waals surface area contributed by atoms with Crippen LogP contribution in [0.3, 0.4) is 0 Å². The fraction of sp³-hybridized carbons (Fsp3) is 0.562. The highest BCUT2D eigenvalue weighted by Crippen LogP contribution is 2.61. The zero-order valence-electron chi connectivity index (χ0n) is 25.4. The number of hydrogen-bond acceptors (Lipinski definition) is 10. The number of cyclic esters (lactones) is 1. The van der Waals surface area contributed by atoms with Gasteiger partial charge in [0.1, 0.15) is 42.0 Å². The maximum atomic E-state index is 13.6. The minimum Gasteiger partial charge on any atom is -0.463 e. The Balaban J connectivity index is 1.36. The number of rotatable bonds is 5. The SMILES string of the molecule is CO[C@H]1C[C@H]2C=C[C@H]3[C@H]4O[C@]2(/C(C)=C/[C@@H](C)[C@@H]([C@@H](C)OC(=S)n2ccnc2)OC1=O)[C@@H]3[C@H](O)[C@@H](C)[C@H]4OC(=O)c1ccc[nH]1. The van der Waals surface area contributed by atoms with Gasteiger partial charge in [0.15, 0.2) is 6.10 Å². The molecule has 2 N–H and O–H groups in total. The van der Waals surface area contributed by atoms with Gasteiger partial charge in [-0.3, -0.25) is 4.57 Å². The lowest BCUT2D eigenvalue weighted by Gasteiger charge is -2.48. The minimum atomic E-state index is -0.964. The van der Waals surface area contributed by atoms with Crippen LogP contribution in [0.1, 0.15) is 44.6 Å². The van der Waals surface area contributed by atoms with Gasteiger partial charge in [0.2, 0.25) is 0 Å². The molecule has 0 unspecified atom stereocenters. The second-order valence-electron chi connectivity index (χ2n) is 12.4. The van der Waals surface area contributed by atoms with Crippen molar-refractivity contribution in [1.29, 1.82) is 0 Å². The van der Waals surface area contributed by atoms with Crippen LogP contribution < -0.4 is 0 Å². The van der Waals surface area contributed by atoms with E-state index in [4.69, 9.17) is 35.9 Å². The van der Waals surface area contributed by atoms with Gasteiger partial charge in [-0.1, -0.05) is 32.1 Å². The second-order valence-corrected chi connectivity index (χ2v) is 12.8. The van der Waals surface area contributed by atoms with E-state index in [2.05, 4.69) is 16.0 Å². The highest BCUT2D eigenvalue weighted by Gasteiger charge is 2.69. The highest BCUT2D eigenvalue weighted by atomic mass is 32.1. The molecule has 2 aromatic rings. The van der Waals surface area contributed by atoms with Crippen molar-refractivity contribution in [2.24, 2.45) is 29.6 Å². The first-order valence-electron chi connectivity index (χ1n) is 15.1. The van der Waals surface area contributed by atoms with E-state index in [-0.39, 0.29) is 41.2 Å². The normalized spacial score (nSPS) is 39.8. The number of hydrogen-bond donors (Lipinski definition) is 2. The molecule has 0 aromatic carbocycles. The first kappa shape index (κ1) is 30.7. The average Bonchev–Trinajstić information content (AvgIpc) is 3.76. The van der Waals surface area contributed by atoms with Crippen LogP contribution in [0, 0.1) is 29.6 Å². The zero-order valence-corrected chi connectivity index (χ0v) is 26.2. The molecule has 1 spiro atoms. The molecule has 2 aliphatic carbocycles. The summed E-state index contributed by atoms with van der Waals surface area (Å²) in [7, 11) is 1.48. The largest absolute Gasteiger partial charge is 0.463 e. The third-order valence-corrected chi connectivity index (χ3v) is 10.2. The lowest BCUT2D eigenvalue weighted by atomic mass is 9.57. The summed E-state index contributed by atoms with van der Waals surface area (Å²) in [6, 6.07) is 3.38. The molecule has 12 heteroatoms. The number of carbonyl (C=O) groups is 2. The fourth-order valence-corrected chi connectivity index (χ4v) is 8.04. The van der Waals surface area contributed by atoms with E-state index in [1.807, 2.05) is 39.8 Å². The predicted octanol–water partition coefficient (Wildman–Crippen LogP) is 3.45. The number of methoxy groups -OCH3 is 1. The molecule has 0 radical (unpaired) electrons. The van der Waals surface area contributed by atoms with Crippen molar-refractivity contribution in [2.75, 3.05) is 7.11 Å². The molecule has 6 rings (SSSR count). The molecule has 1 saturated carbocycles. The third kappa shape index (κ3) is 5.01. The summed E-state index contributed by atoms with van der Waals surface area (Å²) < 4.78 is 32.5. The molecule has 44 heavy (non-hydrogen) atoms. The van der Waals surface area contributed by atoms with Crippen LogP contribution in [0.2, 0.25) is 0 Å². The molecule has 11 nitrogen and oxygen atoms in total. The summed E-state index contributed by atoms with van der Waals surface area (Å²) in [5.74, 6) is -2.56. The molecule has 236 valence electrons. The number of aliphatic hydroxyl groups excluding tert-OH is 1. The summed E-state index contributed by atoms with van der Waals surface area (Å²) in [5, 5.41) is 12.1. The minimum absolute atomic E-state index is 0.184. The molecule has 2 aliphatic heterocycles. The van der Waals surface area contributed by atoms with Crippen molar-refractivity contribution in [3.63, 3.8) is 0 Å². The van der Waals surface area contributed by atoms with E-state index in [1.54, 1.807) is 41.6 Å². The lowest BCUT2D eigenvalue weighted by Crippen LogP contribution is -2.57. The van der Waals surface area contributed by atoms with E-state index in [1.165, 1.54) is 7.11 Å². The number of aliphatic hydroxyl groups is 1. The Labute approximate surface area is 261 Å². The van der Waals surface area contributed by atoms with E-state index in [0.717, 1.165) is 5.57 Å². The van der Waals surface area contributed by atoms with E-state index in [0.29, 0.717) is 5.69 Å². The van der Waals surface area contributed by atoms with Gasteiger partial charge in [-0.2, -0.15) is 0 Å². The van der Waals surface area contributed by atoms with Gasteiger partial charge in [-0.15, -0.1) is 0 Å². The van der Waals surface area contributed by atoms with Crippen molar-refractivity contribution >= 4 is 29.3 Å². The molecule has 0 amide bonds. The molecule has 1 saturated heterocycles. The number of nitrogens with zero attached hydrogens (tertiary/aromatic N) is 2. The molecule has 4 heterocycles. The molecular formula is C32H39N3O8S. The van der Waals surface area contributed by atoms with Crippen LogP contribution in [0.15, 0.2) is 60.9 Å². The number of thiocarbonyl (C=S) groups is 1. The van der Waals surface area contributed by atoms with Crippen LogP contribution in [0.4, 0.5) is 0 Å². The number of ether oxygens (including phenoxy) is 5. The number of aromatic nitrogens is 3. The Morgan fingerprint density at radius 2 is 2.11 bits per heavy atom. The summed E-state index contributed by atoms with van der Waals surface area (Å²) in [5.41, 5.74) is 0.275. The Hall–Kier alpha value is -3.32. The van der Waals surface area contributed by atoms with Crippen LogP contribution in [0.5, 0.6) is 0 Å². The van der Waals surface area contributed by atoms with Crippen LogP contribution >= 0.6 is 12.2 Å². The highest BCUT2D eigenvalue weighted by molar-refractivity contribution is 7.80. The number of aromatic amines is 1. The lowest BCUT2D eigenvalue weighted by molar-refractivity contribution is -0.171. The van der Waals surface area contributed by atoms with Crippen molar-refractivity contribution in [2.45, 2.75) is 76.3 Å². The number of esters is 2. The first-order chi connectivity index (χ1) is 21.1. The van der Waals surface area contributed by atoms with Gasteiger partial charge < -0.3 is 33.8 Å². The molecule has 2 fully saturated rings. The Morgan fingerprint density at radius 3 is 2.80 bits per heavy atom. The summed E-state index contributed by atoms with van der Waals surface area (Å²) >= 11 is 5.45. The van der Waals surface area contributed by atoms with Gasteiger partial charge in [-0.05, 0) is 50.2 Å². The van der Waals surface area contributed by atoms with Crippen molar-refractivity contribution in [3.05, 3.63) is 66.5 Å². The van der Waals surface area contributed by atoms with Crippen LogP contribution in [0.25, 0.3) is 0 Å². The Kier molecular flexibility index (Phi) is 8.29. The predicted molar refractivity (Wildman–Crippen MR) is 161 cm³/mol. The van der Waals surface area contributed by atoms with E-state index in [9.17, 15) is 14.7 Å². The second kappa shape index (κ2) is 11.9. The molecule has 12 atom stereocenters. The number of H-pyrrole nitrogens is 1. The first-order valence-corrected chi connectivity index (χ1v) is 15.5. The van der Waals surface area contributed by atoms with Crippen molar-refractivity contribution in [3.8, 4) is 0 Å². The maximum absolute atomic E-state index is 13.6. The Morgan fingerprint density at radius 1 is 1.32 bits per heavy atom. The molecular weight excluding hydrogens is 586 g/mol. The van der Waals surface area contributed by atoms with Gasteiger partial charge >= 0.3 is 11.9 Å². The number of imidazole rings is 1. The smallest absolute Gasteiger partial charge is 0.355 e. The fourth-order valence-electron chi connectivity index (χ4n) is 7.78. The monoisotopic (exact) mass is 625 g/mol. The topological polar surface area (TPSA) is 134 Å². The number of nitrogens with one attached hydrogen (secondary N) is 1. The number of carbonyl (C=O) groups excluding carboxylic acids is 2. The summed E-state index contributed by atoms with van der Waals surface area (Å²) in [6.07, 6.45) is 8.68. The van der Waals surface area contributed by atoms with Gasteiger partial charge in [0, 0.05) is 55.3 Å². The molecule has 4 bridgehead atoms. The van der Waals surface area contributed by atoms with E-state index >= 15 is 0 Å². The van der Waals surface area contributed by atoms with Crippen LogP contribution in [-0.2, 0) is 28.5 Å². The zero-order chi connectivity index (χ0) is 31.3. The summed E-state index contributed by atoms with van der Waals surface area (Å²) in [6.45, 7) is 7.66. The quantitative estimate of drug-likeness (QED) is 0.289.